The molecule has 0 radical (unpaired) electrons. The van der Waals surface area contributed by atoms with Crippen molar-refractivity contribution in [1.82, 2.24) is 0 Å². The van der Waals surface area contributed by atoms with Crippen LogP contribution in [0.15, 0.2) is 30.3 Å². The molecular weight excluding hydrogens is 162 g/mol. The highest BCUT2D eigenvalue weighted by Crippen LogP contribution is 2.13. The maximum absolute atomic E-state index is 11.3. The second kappa shape index (κ2) is 4.65. The number of hydrogen-bond donors (Lipinski definition) is 0. The smallest absolute Gasteiger partial charge is 0.223 e. The summed E-state index contributed by atoms with van der Waals surface area (Å²) >= 11 is 0. The van der Waals surface area contributed by atoms with Gasteiger partial charge in [-0.2, -0.15) is 0 Å². The van der Waals surface area contributed by atoms with E-state index in [0.29, 0.717) is 0 Å². The molecule has 1 aromatic rings. The Labute approximate surface area is 79.2 Å². The van der Waals surface area contributed by atoms with E-state index in [2.05, 4.69) is 6.92 Å². The number of para-hydroxylation sites is 1. The molecule has 2 nitrogen and oxygen atoms in total. The predicted octanol–water partition coefficient (Wildman–Crippen LogP) is 2.45. The second-order valence-electron chi connectivity index (χ2n) is 3.01. The van der Waals surface area contributed by atoms with Crippen molar-refractivity contribution in [2.75, 3.05) is 11.4 Å². The van der Waals surface area contributed by atoms with Gasteiger partial charge in [-0.05, 0) is 18.6 Å². The molecule has 0 bridgehead atoms. The highest BCUT2D eigenvalue weighted by molar-refractivity contribution is 5.91. The van der Waals surface area contributed by atoms with E-state index in [-0.39, 0.29) is 5.91 Å². The van der Waals surface area contributed by atoms with Gasteiger partial charge < -0.3 is 4.90 Å². The molecule has 0 aliphatic heterocycles. The lowest BCUT2D eigenvalue weighted by molar-refractivity contribution is -0.116. The maximum atomic E-state index is 11.3. The minimum atomic E-state index is 0.105. The first kappa shape index (κ1) is 9.78. The van der Waals surface area contributed by atoms with E-state index in [4.69, 9.17) is 0 Å². The molecule has 0 spiro atoms. The van der Waals surface area contributed by atoms with E-state index < -0.39 is 0 Å². The van der Waals surface area contributed by atoms with Gasteiger partial charge in [0.25, 0.3) is 0 Å². The molecule has 0 saturated heterocycles. The van der Waals surface area contributed by atoms with Gasteiger partial charge in [-0.25, -0.2) is 0 Å². The molecule has 13 heavy (non-hydrogen) atoms. The Balaban J connectivity index is 2.82. The topological polar surface area (TPSA) is 20.3 Å². The quantitative estimate of drug-likeness (QED) is 0.694. The van der Waals surface area contributed by atoms with Crippen LogP contribution in [0.2, 0.25) is 0 Å². The SMILES string of the molecule is CCCN(C(C)=O)c1ccccc1. The van der Waals surface area contributed by atoms with Crippen molar-refractivity contribution in [1.29, 1.82) is 0 Å². The Morgan fingerprint density at radius 1 is 1.31 bits per heavy atom. The van der Waals surface area contributed by atoms with Gasteiger partial charge in [0, 0.05) is 19.2 Å². The fraction of sp³-hybridized carbons (Fsp3) is 0.364. The van der Waals surface area contributed by atoms with E-state index in [0.717, 1.165) is 18.7 Å². The predicted molar refractivity (Wildman–Crippen MR) is 54.8 cm³/mol. The summed E-state index contributed by atoms with van der Waals surface area (Å²) in [7, 11) is 0. The molecule has 0 aliphatic carbocycles. The molecule has 1 amide bonds. The van der Waals surface area contributed by atoms with Crippen molar-refractivity contribution >= 4 is 11.6 Å². The van der Waals surface area contributed by atoms with Crippen LogP contribution in [0.5, 0.6) is 0 Å². The zero-order valence-electron chi connectivity index (χ0n) is 8.16. The molecule has 1 rings (SSSR count). The van der Waals surface area contributed by atoms with E-state index in [9.17, 15) is 4.79 Å². The maximum Gasteiger partial charge on any atom is 0.223 e. The van der Waals surface area contributed by atoms with Crippen molar-refractivity contribution in [2.45, 2.75) is 20.3 Å². The van der Waals surface area contributed by atoms with Crippen LogP contribution >= 0.6 is 0 Å². The molecule has 0 N–H and O–H groups in total. The first-order valence-electron chi connectivity index (χ1n) is 4.59. The highest BCUT2D eigenvalue weighted by Gasteiger charge is 2.08. The van der Waals surface area contributed by atoms with E-state index >= 15 is 0 Å². The highest BCUT2D eigenvalue weighted by atomic mass is 16.2. The molecule has 0 saturated carbocycles. The zero-order chi connectivity index (χ0) is 9.68. The largest absolute Gasteiger partial charge is 0.313 e. The van der Waals surface area contributed by atoms with Gasteiger partial charge in [0.2, 0.25) is 5.91 Å². The summed E-state index contributed by atoms with van der Waals surface area (Å²) in [6.07, 6.45) is 0.981. The Morgan fingerprint density at radius 2 is 1.92 bits per heavy atom. The Morgan fingerprint density at radius 3 is 2.38 bits per heavy atom. The first-order chi connectivity index (χ1) is 6.25. The Kier molecular flexibility index (Phi) is 3.50. The first-order valence-corrected chi connectivity index (χ1v) is 4.59. The number of carbonyl (C=O) groups excluding carboxylic acids is 1. The molecule has 0 aromatic heterocycles. The normalized spacial score (nSPS) is 9.69. The van der Waals surface area contributed by atoms with Crippen LogP contribution in [0.4, 0.5) is 5.69 Å². The second-order valence-corrected chi connectivity index (χ2v) is 3.01. The lowest BCUT2D eigenvalue weighted by atomic mass is 10.2. The number of hydrogen-bond acceptors (Lipinski definition) is 1. The average molecular weight is 177 g/mol. The summed E-state index contributed by atoms with van der Waals surface area (Å²) in [5.41, 5.74) is 0.983. The van der Waals surface area contributed by atoms with Crippen LogP contribution in [0, 0.1) is 0 Å². The summed E-state index contributed by atoms with van der Waals surface area (Å²) < 4.78 is 0. The fourth-order valence-corrected chi connectivity index (χ4v) is 1.30. The van der Waals surface area contributed by atoms with Crippen molar-refractivity contribution in [3.8, 4) is 0 Å². The van der Waals surface area contributed by atoms with E-state index in [1.165, 1.54) is 0 Å². The van der Waals surface area contributed by atoms with Gasteiger partial charge >= 0.3 is 0 Å². The minimum absolute atomic E-state index is 0.105. The number of benzene rings is 1. The molecule has 0 atom stereocenters. The van der Waals surface area contributed by atoms with E-state index in [1.807, 2.05) is 30.3 Å². The van der Waals surface area contributed by atoms with Gasteiger partial charge in [0.15, 0.2) is 0 Å². The number of rotatable bonds is 3. The van der Waals surface area contributed by atoms with Crippen molar-refractivity contribution < 1.29 is 4.79 Å². The Bertz CT molecular complexity index is 269. The van der Waals surface area contributed by atoms with Crippen LogP contribution in [0.25, 0.3) is 0 Å². The molecule has 0 unspecified atom stereocenters. The molecule has 70 valence electrons. The summed E-state index contributed by atoms with van der Waals surface area (Å²) in [5.74, 6) is 0.105. The van der Waals surface area contributed by atoms with Crippen LogP contribution < -0.4 is 4.90 Å². The van der Waals surface area contributed by atoms with Gasteiger partial charge in [0.1, 0.15) is 0 Å². The van der Waals surface area contributed by atoms with Crippen molar-refractivity contribution in [3.05, 3.63) is 30.3 Å². The summed E-state index contributed by atoms with van der Waals surface area (Å²) in [4.78, 5) is 13.1. The summed E-state index contributed by atoms with van der Waals surface area (Å²) in [6.45, 7) is 4.46. The molecule has 2 heteroatoms. The third-order valence-corrected chi connectivity index (χ3v) is 1.90. The van der Waals surface area contributed by atoms with Gasteiger partial charge in [-0.15, -0.1) is 0 Å². The molecule has 0 heterocycles. The standard InChI is InChI=1S/C11H15NO/c1-3-9-12(10(2)13)11-7-5-4-6-8-11/h4-8H,3,9H2,1-2H3. The van der Waals surface area contributed by atoms with Crippen LogP contribution in [-0.2, 0) is 4.79 Å². The van der Waals surface area contributed by atoms with Crippen LogP contribution in [-0.4, -0.2) is 12.5 Å². The van der Waals surface area contributed by atoms with E-state index in [1.54, 1.807) is 11.8 Å². The number of anilines is 1. The minimum Gasteiger partial charge on any atom is -0.313 e. The average Bonchev–Trinajstić information content (AvgIpc) is 2.15. The van der Waals surface area contributed by atoms with Crippen LogP contribution in [0.3, 0.4) is 0 Å². The van der Waals surface area contributed by atoms with Gasteiger partial charge in [-0.3, -0.25) is 4.79 Å². The number of amides is 1. The number of nitrogens with zero attached hydrogens (tertiary/aromatic N) is 1. The summed E-state index contributed by atoms with van der Waals surface area (Å²) in [5, 5.41) is 0. The third kappa shape index (κ3) is 2.58. The van der Waals surface area contributed by atoms with Gasteiger partial charge in [0.05, 0.1) is 0 Å². The molecular formula is C11H15NO. The lowest BCUT2D eigenvalue weighted by Gasteiger charge is -2.19. The van der Waals surface area contributed by atoms with Crippen LogP contribution in [0.1, 0.15) is 20.3 Å². The summed E-state index contributed by atoms with van der Waals surface area (Å²) in [6, 6.07) is 9.75. The Hall–Kier alpha value is -1.31. The lowest BCUT2D eigenvalue weighted by Crippen LogP contribution is -2.28. The third-order valence-electron chi connectivity index (χ3n) is 1.90. The molecule has 0 aliphatic rings. The fourth-order valence-electron chi connectivity index (χ4n) is 1.30. The number of carbonyl (C=O) groups is 1. The monoisotopic (exact) mass is 177 g/mol. The van der Waals surface area contributed by atoms with Crippen molar-refractivity contribution in [2.24, 2.45) is 0 Å². The molecule has 0 fully saturated rings. The molecule has 1 aromatic carbocycles. The van der Waals surface area contributed by atoms with Crippen molar-refractivity contribution in [3.63, 3.8) is 0 Å². The van der Waals surface area contributed by atoms with Gasteiger partial charge in [-0.1, -0.05) is 25.1 Å². The zero-order valence-corrected chi connectivity index (χ0v) is 8.16.